The van der Waals surface area contributed by atoms with Crippen molar-refractivity contribution in [2.24, 2.45) is 10.9 Å². The van der Waals surface area contributed by atoms with E-state index in [0.29, 0.717) is 37.8 Å². The Bertz CT molecular complexity index is 1960. The van der Waals surface area contributed by atoms with Crippen molar-refractivity contribution >= 4 is 40.4 Å². The third kappa shape index (κ3) is 5.70. The number of hydrogen-bond acceptors (Lipinski definition) is 7. The summed E-state index contributed by atoms with van der Waals surface area (Å²) in [7, 11) is 0. The number of nitrogens with zero attached hydrogens (tertiary/aromatic N) is 4. The molecule has 3 heterocycles. The first-order valence-electron chi connectivity index (χ1n) is 14.4. The zero-order valence-corrected chi connectivity index (χ0v) is 25.0. The average Bonchev–Trinajstić information content (AvgIpc) is 3.31. The van der Waals surface area contributed by atoms with Gasteiger partial charge in [-0.1, -0.05) is 48.6 Å². The second-order valence-electron chi connectivity index (χ2n) is 11.1. The first-order chi connectivity index (χ1) is 21.2. The zero-order chi connectivity index (χ0) is 31.0. The SMILES string of the molecule is CC1=C(C(=O)Nc2ccccc2)[C@@H](c2ccc(F)cc2)n2c(s/c(=C/c3cc([N+](=O)[O-])ccc3N3CCC(C)CC3)c2=O)=N1. The zero-order valence-electron chi connectivity index (χ0n) is 24.2. The predicted octanol–water partition coefficient (Wildman–Crippen LogP) is 5.16. The molecule has 44 heavy (non-hydrogen) atoms. The molecule has 1 atom stereocenters. The van der Waals surface area contributed by atoms with Gasteiger partial charge in [0, 0.05) is 42.2 Å². The summed E-state index contributed by atoms with van der Waals surface area (Å²) in [5, 5.41) is 14.6. The first-order valence-corrected chi connectivity index (χ1v) is 15.2. The molecule has 1 N–H and O–H groups in total. The molecule has 2 aliphatic heterocycles. The van der Waals surface area contributed by atoms with E-state index in [2.05, 4.69) is 22.1 Å². The Morgan fingerprint density at radius 1 is 1.09 bits per heavy atom. The highest BCUT2D eigenvalue weighted by atomic mass is 32.1. The van der Waals surface area contributed by atoms with E-state index in [1.165, 1.54) is 28.8 Å². The second kappa shape index (κ2) is 12.0. The number of nitro groups is 1. The van der Waals surface area contributed by atoms with Crippen molar-refractivity contribution in [3.8, 4) is 0 Å². The van der Waals surface area contributed by atoms with Gasteiger partial charge < -0.3 is 10.2 Å². The van der Waals surface area contributed by atoms with Crippen LogP contribution in [-0.2, 0) is 4.79 Å². The molecule has 0 unspecified atom stereocenters. The van der Waals surface area contributed by atoms with E-state index in [1.807, 2.05) is 6.07 Å². The maximum Gasteiger partial charge on any atom is 0.271 e. The molecule has 3 aromatic carbocycles. The number of anilines is 2. The Kier molecular flexibility index (Phi) is 7.96. The maximum absolute atomic E-state index is 14.2. The topological polar surface area (TPSA) is 110 Å². The van der Waals surface area contributed by atoms with Crippen LogP contribution in [0, 0.1) is 21.8 Å². The number of hydrogen-bond donors (Lipinski definition) is 1. The molecule has 0 radical (unpaired) electrons. The molecule has 224 valence electrons. The van der Waals surface area contributed by atoms with Crippen LogP contribution in [0.3, 0.4) is 0 Å². The van der Waals surface area contributed by atoms with E-state index < -0.39 is 28.2 Å². The predicted molar refractivity (Wildman–Crippen MR) is 169 cm³/mol. The molecule has 1 aromatic heterocycles. The summed E-state index contributed by atoms with van der Waals surface area (Å²) < 4.78 is 15.7. The first kappa shape index (κ1) is 29.2. The Hall–Kier alpha value is -4.90. The fraction of sp³-hybridized carbons (Fsp3) is 0.242. The number of rotatable bonds is 6. The van der Waals surface area contributed by atoms with Crippen molar-refractivity contribution in [1.82, 2.24) is 4.57 Å². The number of nitrogens with one attached hydrogen (secondary N) is 1. The van der Waals surface area contributed by atoms with E-state index in [1.54, 1.807) is 55.5 Å². The molecule has 1 saturated heterocycles. The van der Waals surface area contributed by atoms with Gasteiger partial charge in [-0.2, -0.15) is 0 Å². The standard InChI is InChI=1S/C33H30FN5O4S/c1-20-14-16-37(17-15-20)27-13-12-26(39(42)43)18-23(27)19-28-32(41)38-30(22-8-10-24(34)11-9-22)29(21(2)35-33(38)44-28)31(40)36-25-6-4-3-5-7-25/h3-13,18-20,30H,14-17H2,1-2H3,(H,36,40)/b28-19+/t30-/m1/s1. The second-order valence-corrected chi connectivity index (χ2v) is 12.1. The minimum atomic E-state index is -0.870. The lowest BCUT2D eigenvalue weighted by Gasteiger charge is -2.33. The Morgan fingerprint density at radius 2 is 1.80 bits per heavy atom. The minimum absolute atomic E-state index is 0.0712. The number of non-ortho nitro benzene ring substituents is 1. The summed E-state index contributed by atoms with van der Waals surface area (Å²) in [4.78, 5) is 46.3. The van der Waals surface area contributed by atoms with Crippen LogP contribution in [-0.4, -0.2) is 28.5 Å². The van der Waals surface area contributed by atoms with Crippen LogP contribution in [0.15, 0.2) is 93.9 Å². The highest BCUT2D eigenvalue weighted by Crippen LogP contribution is 2.32. The molecule has 1 amide bonds. The van der Waals surface area contributed by atoms with Crippen molar-refractivity contribution < 1.29 is 14.1 Å². The normalized spacial score (nSPS) is 17.3. The van der Waals surface area contributed by atoms with Crippen molar-refractivity contribution in [2.75, 3.05) is 23.3 Å². The van der Waals surface area contributed by atoms with Gasteiger partial charge in [0.1, 0.15) is 5.82 Å². The number of benzene rings is 3. The van der Waals surface area contributed by atoms with Crippen LogP contribution in [0.2, 0.25) is 0 Å². The van der Waals surface area contributed by atoms with Gasteiger partial charge in [0.2, 0.25) is 0 Å². The number of carbonyl (C=O) groups excluding carboxylic acids is 1. The highest BCUT2D eigenvalue weighted by Gasteiger charge is 2.32. The molecule has 0 spiro atoms. The van der Waals surface area contributed by atoms with E-state index in [-0.39, 0.29) is 11.3 Å². The van der Waals surface area contributed by atoms with Gasteiger partial charge in [-0.3, -0.25) is 24.3 Å². The lowest BCUT2D eigenvalue weighted by Crippen LogP contribution is -2.40. The molecular formula is C33H30FN5O4S. The molecule has 9 nitrogen and oxygen atoms in total. The number of fused-ring (bicyclic) bond motifs is 1. The third-order valence-corrected chi connectivity index (χ3v) is 9.10. The molecule has 1 fully saturated rings. The average molecular weight is 612 g/mol. The molecule has 11 heteroatoms. The third-order valence-electron chi connectivity index (χ3n) is 8.12. The summed E-state index contributed by atoms with van der Waals surface area (Å²) >= 11 is 1.15. The Balaban J connectivity index is 1.50. The quantitative estimate of drug-likeness (QED) is 0.239. The number of piperidine rings is 1. The monoisotopic (exact) mass is 611 g/mol. The summed E-state index contributed by atoms with van der Waals surface area (Å²) in [6, 6.07) is 18.5. The molecule has 0 bridgehead atoms. The molecule has 6 rings (SSSR count). The van der Waals surface area contributed by atoms with Crippen molar-refractivity contribution in [1.29, 1.82) is 0 Å². The van der Waals surface area contributed by atoms with Crippen molar-refractivity contribution in [2.45, 2.75) is 32.7 Å². The fourth-order valence-electron chi connectivity index (χ4n) is 5.74. The van der Waals surface area contributed by atoms with Crippen molar-refractivity contribution in [3.63, 3.8) is 0 Å². The number of amides is 1. The van der Waals surface area contributed by atoms with Gasteiger partial charge in [-0.05, 0) is 67.7 Å². The fourth-order valence-corrected chi connectivity index (χ4v) is 6.78. The van der Waals surface area contributed by atoms with Gasteiger partial charge >= 0.3 is 0 Å². The lowest BCUT2D eigenvalue weighted by atomic mass is 9.95. The van der Waals surface area contributed by atoms with Gasteiger partial charge in [0.15, 0.2) is 4.80 Å². The smallest absolute Gasteiger partial charge is 0.271 e. The van der Waals surface area contributed by atoms with E-state index >= 15 is 0 Å². The largest absolute Gasteiger partial charge is 0.371 e. The van der Waals surface area contributed by atoms with E-state index in [9.17, 15) is 24.1 Å². The number of allylic oxidation sites excluding steroid dienone is 1. The number of carbonyl (C=O) groups is 1. The molecule has 0 aliphatic carbocycles. The molecular weight excluding hydrogens is 581 g/mol. The number of para-hydroxylation sites is 1. The van der Waals surface area contributed by atoms with Gasteiger partial charge in [0.05, 0.1) is 26.8 Å². The summed E-state index contributed by atoms with van der Waals surface area (Å²) in [6.45, 7) is 5.54. The molecule has 4 aromatic rings. The summed E-state index contributed by atoms with van der Waals surface area (Å²) in [6.07, 6.45) is 3.68. The van der Waals surface area contributed by atoms with Gasteiger partial charge in [-0.25, -0.2) is 9.38 Å². The van der Waals surface area contributed by atoms with Crippen LogP contribution < -0.4 is 25.1 Å². The van der Waals surface area contributed by atoms with Crippen LogP contribution in [0.1, 0.15) is 43.9 Å². The van der Waals surface area contributed by atoms with Crippen molar-refractivity contribution in [3.05, 3.63) is 131 Å². The van der Waals surface area contributed by atoms with Crippen LogP contribution in [0.25, 0.3) is 6.08 Å². The van der Waals surface area contributed by atoms with E-state index in [4.69, 9.17) is 0 Å². The van der Waals surface area contributed by atoms with Crippen LogP contribution in [0.4, 0.5) is 21.5 Å². The van der Waals surface area contributed by atoms with Crippen LogP contribution >= 0.6 is 11.3 Å². The Labute approximate surface area is 256 Å². The minimum Gasteiger partial charge on any atom is -0.371 e. The number of thiazole rings is 1. The van der Waals surface area contributed by atoms with E-state index in [0.717, 1.165) is 43.0 Å². The van der Waals surface area contributed by atoms with Gasteiger partial charge in [-0.15, -0.1) is 0 Å². The molecule has 0 saturated carbocycles. The maximum atomic E-state index is 14.2. The summed E-state index contributed by atoms with van der Waals surface area (Å²) in [5.74, 6) is -0.275. The van der Waals surface area contributed by atoms with Crippen LogP contribution in [0.5, 0.6) is 0 Å². The number of aromatic nitrogens is 1. The van der Waals surface area contributed by atoms with Gasteiger partial charge in [0.25, 0.3) is 17.2 Å². The summed E-state index contributed by atoms with van der Waals surface area (Å²) in [5.41, 5.74) is 2.74. The molecule has 2 aliphatic rings. The number of halogens is 1. The highest BCUT2D eigenvalue weighted by molar-refractivity contribution is 7.07. The number of nitro benzene ring substituents is 1. The lowest BCUT2D eigenvalue weighted by molar-refractivity contribution is -0.384. The Morgan fingerprint density at radius 3 is 2.48 bits per heavy atom.